The molecule has 1 aromatic heterocycles. The van der Waals surface area contributed by atoms with Gasteiger partial charge in [0.05, 0.1) is 11.8 Å². The minimum Gasteiger partial charge on any atom is -0.378 e. The smallest absolute Gasteiger partial charge is 0.133 e. The van der Waals surface area contributed by atoms with Crippen LogP contribution in [0.2, 0.25) is 0 Å². The van der Waals surface area contributed by atoms with Crippen LogP contribution >= 0.6 is 0 Å². The Hall–Kier alpha value is -0.870. The van der Waals surface area contributed by atoms with E-state index in [-0.39, 0.29) is 0 Å². The summed E-state index contributed by atoms with van der Waals surface area (Å²) in [5.74, 6) is 0.871. The zero-order valence-corrected chi connectivity index (χ0v) is 9.87. The first kappa shape index (κ1) is 11.6. The molecule has 2 rings (SSSR count). The van der Waals surface area contributed by atoms with E-state index >= 15 is 0 Å². The van der Waals surface area contributed by atoms with E-state index < -0.39 is 0 Å². The molecule has 0 aliphatic carbocycles. The molecule has 0 bridgehead atoms. The topological polar surface area (TPSA) is 47.3 Å². The Morgan fingerprint density at radius 3 is 3.19 bits per heavy atom. The molecule has 0 saturated carbocycles. The van der Waals surface area contributed by atoms with Crippen molar-refractivity contribution < 1.29 is 9.26 Å². The summed E-state index contributed by atoms with van der Waals surface area (Å²) in [6, 6.07) is 1.97. The van der Waals surface area contributed by atoms with Crippen LogP contribution in [0.5, 0.6) is 0 Å². The second-order valence-corrected chi connectivity index (χ2v) is 4.38. The van der Waals surface area contributed by atoms with Crippen LogP contribution in [0.15, 0.2) is 10.6 Å². The van der Waals surface area contributed by atoms with E-state index in [0.717, 1.165) is 31.2 Å². The highest BCUT2D eigenvalue weighted by Gasteiger charge is 2.14. The van der Waals surface area contributed by atoms with E-state index in [1.165, 1.54) is 25.7 Å². The molecule has 2 heterocycles. The summed E-state index contributed by atoms with van der Waals surface area (Å²) in [6.07, 6.45) is 5.32. The van der Waals surface area contributed by atoms with Crippen LogP contribution in [-0.2, 0) is 11.3 Å². The monoisotopic (exact) mass is 224 g/mol. The Morgan fingerprint density at radius 2 is 2.50 bits per heavy atom. The van der Waals surface area contributed by atoms with Crippen LogP contribution in [0, 0.1) is 6.92 Å². The highest BCUT2D eigenvalue weighted by molar-refractivity contribution is 5.02. The van der Waals surface area contributed by atoms with E-state index in [1.807, 2.05) is 13.0 Å². The first-order valence-electron chi connectivity index (χ1n) is 6.09. The van der Waals surface area contributed by atoms with Crippen molar-refractivity contribution in [3.63, 3.8) is 0 Å². The highest BCUT2D eigenvalue weighted by Crippen LogP contribution is 2.16. The van der Waals surface area contributed by atoms with E-state index in [9.17, 15) is 0 Å². The van der Waals surface area contributed by atoms with Crippen LogP contribution in [-0.4, -0.2) is 24.4 Å². The summed E-state index contributed by atoms with van der Waals surface area (Å²) in [5, 5.41) is 7.29. The lowest BCUT2D eigenvalue weighted by Gasteiger charge is -2.08. The molecule has 1 aliphatic rings. The van der Waals surface area contributed by atoms with Gasteiger partial charge in [0.2, 0.25) is 0 Å². The number of hydrogen-bond acceptors (Lipinski definition) is 4. The van der Waals surface area contributed by atoms with Gasteiger partial charge in [-0.3, -0.25) is 0 Å². The van der Waals surface area contributed by atoms with Crippen molar-refractivity contribution in [3.05, 3.63) is 17.5 Å². The van der Waals surface area contributed by atoms with E-state index in [1.54, 1.807) is 0 Å². The van der Waals surface area contributed by atoms with Gasteiger partial charge in [0.25, 0.3) is 0 Å². The van der Waals surface area contributed by atoms with Gasteiger partial charge in [-0.25, -0.2) is 0 Å². The maximum Gasteiger partial charge on any atom is 0.133 e. The molecule has 1 aliphatic heterocycles. The quantitative estimate of drug-likeness (QED) is 0.751. The lowest BCUT2D eigenvalue weighted by Crippen LogP contribution is -2.17. The molecule has 1 fully saturated rings. The predicted molar refractivity (Wildman–Crippen MR) is 61.2 cm³/mol. The van der Waals surface area contributed by atoms with Gasteiger partial charge in [0.1, 0.15) is 5.76 Å². The number of aromatic nitrogens is 1. The number of nitrogens with one attached hydrogen (secondary N) is 1. The van der Waals surface area contributed by atoms with Crippen molar-refractivity contribution in [3.8, 4) is 0 Å². The first-order valence-corrected chi connectivity index (χ1v) is 6.09. The van der Waals surface area contributed by atoms with Gasteiger partial charge < -0.3 is 14.6 Å². The van der Waals surface area contributed by atoms with Gasteiger partial charge >= 0.3 is 0 Å². The van der Waals surface area contributed by atoms with E-state index in [2.05, 4.69) is 10.5 Å². The largest absolute Gasteiger partial charge is 0.378 e. The molecule has 4 heteroatoms. The number of ether oxygens (including phenoxy) is 1. The molecular weight excluding hydrogens is 204 g/mol. The van der Waals surface area contributed by atoms with Gasteiger partial charge in [-0.15, -0.1) is 0 Å². The molecule has 0 amide bonds. The minimum atomic E-state index is 0.510. The Balaban J connectivity index is 1.51. The lowest BCUT2D eigenvalue weighted by atomic mass is 10.1. The molecule has 16 heavy (non-hydrogen) atoms. The van der Waals surface area contributed by atoms with Crippen molar-refractivity contribution in [2.24, 2.45) is 0 Å². The summed E-state index contributed by atoms with van der Waals surface area (Å²) in [4.78, 5) is 0. The Labute approximate surface area is 96.3 Å². The molecule has 4 nitrogen and oxygen atoms in total. The van der Waals surface area contributed by atoms with Gasteiger partial charge in [0, 0.05) is 19.2 Å². The zero-order valence-electron chi connectivity index (χ0n) is 9.87. The maximum atomic E-state index is 5.57. The van der Waals surface area contributed by atoms with Gasteiger partial charge in [-0.05, 0) is 39.2 Å². The summed E-state index contributed by atoms with van der Waals surface area (Å²) >= 11 is 0. The molecule has 1 saturated heterocycles. The highest BCUT2D eigenvalue weighted by atomic mass is 16.5. The third-order valence-corrected chi connectivity index (χ3v) is 2.89. The van der Waals surface area contributed by atoms with Crippen LogP contribution in [0.1, 0.15) is 37.1 Å². The second-order valence-electron chi connectivity index (χ2n) is 4.38. The molecule has 1 aromatic rings. The molecule has 0 aromatic carbocycles. The van der Waals surface area contributed by atoms with Crippen molar-refractivity contribution in [2.75, 3.05) is 13.2 Å². The molecule has 1 atom stereocenters. The van der Waals surface area contributed by atoms with E-state index in [4.69, 9.17) is 9.26 Å². The molecule has 1 N–H and O–H groups in total. The molecule has 0 spiro atoms. The Kier molecular flexibility index (Phi) is 4.36. The van der Waals surface area contributed by atoms with Crippen LogP contribution in [0.3, 0.4) is 0 Å². The van der Waals surface area contributed by atoms with Crippen molar-refractivity contribution in [2.45, 2.75) is 45.3 Å². The number of rotatable bonds is 6. The van der Waals surface area contributed by atoms with Crippen LogP contribution in [0.4, 0.5) is 0 Å². The molecule has 1 unspecified atom stereocenters. The van der Waals surface area contributed by atoms with Crippen LogP contribution < -0.4 is 5.32 Å². The minimum absolute atomic E-state index is 0.510. The average Bonchev–Trinajstić information content (AvgIpc) is 2.89. The molecular formula is C12H20N2O2. The van der Waals surface area contributed by atoms with Gasteiger partial charge in [0.15, 0.2) is 0 Å². The Bertz CT molecular complexity index is 306. The van der Waals surface area contributed by atoms with E-state index in [0.29, 0.717) is 6.10 Å². The summed E-state index contributed by atoms with van der Waals surface area (Å²) in [7, 11) is 0. The third kappa shape index (κ3) is 3.61. The summed E-state index contributed by atoms with van der Waals surface area (Å²) < 4.78 is 10.6. The van der Waals surface area contributed by atoms with Gasteiger partial charge in [-0.1, -0.05) is 5.16 Å². The summed E-state index contributed by atoms with van der Waals surface area (Å²) in [5.41, 5.74) is 0.981. The second kappa shape index (κ2) is 6.01. The fraction of sp³-hybridized carbons (Fsp3) is 0.750. The predicted octanol–water partition coefficient (Wildman–Crippen LogP) is 2.03. The number of nitrogens with zero attached hydrogens (tertiary/aromatic N) is 1. The maximum absolute atomic E-state index is 5.57. The van der Waals surface area contributed by atoms with Crippen molar-refractivity contribution in [1.29, 1.82) is 0 Å². The first-order chi connectivity index (χ1) is 7.84. The van der Waals surface area contributed by atoms with Crippen molar-refractivity contribution in [1.82, 2.24) is 10.5 Å². The number of hydrogen-bond donors (Lipinski definition) is 1. The average molecular weight is 224 g/mol. The molecule has 0 radical (unpaired) electrons. The fourth-order valence-corrected chi connectivity index (χ4v) is 2.04. The SMILES string of the molecule is Cc1cc(CNCCCC2CCCO2)no1. The zero-order chi connectivity index (χ0) is 11.2. The third-order valence-electron chi connectivity index (χ3n) is 2.89. The summed E-state index contributed by atoms with van der Waals surface area (Å²) in [6.45, 7) is 4.68. The fourth-order valence-electron chi connectivity index (χ4n) is 2.04. The normalized spacial score (nSPS) is 20.4. The van der Waals surface area contributed by atoms with Crippen LogP contribution in [0.25, 0.3) is 0 Å². The van der Waals surface area contributed by atoms with Gasteiger partial charge in [-0.2, -0.15) is 0 Å². The molecule has 90 valence electrons. The standard InChI is InChI=1S/C12H20N2O2/c1-10-8-11(14-16-10)9-13-6-2-4-12-5-3-7-15-12/h8,12-13H,2-7,9H2,1H3. The number of aryl methyl sites for hydroxylation is 1. The lowest BCUT2D eigenvalue weighted by molar-refractivity contribution is 0.102. The van der Waals surface area contributed by atoms with Crippen molar-refractivity contribution >= 4 is 0 Å². The Morgan fingerprint density at radius 1 is 1.56 bits per heavy atom.